The van der Waals surface area contributed by atoms with E-state index < -0.39 is 0 Å². The molecule has 100 valence electrons. The minimum Gasteiger partial charge on any atom is -0.330 e. The molecular weight excluding hydrogens is 280 g/mol. The number of rotatable bonds is 5. The fourth-order valence-electron chi connectivity index (χ4n) is 1.44. The number of carbonyl (C=O) groups is 1. The molecule has 2 aromatic rings. The van der Waals surface area contributed by atoms with Crippen LogP contribution in [0.3, 0.4) is 0 Å². The van der Waals surface area contributed by atoms with Gasteiger partial charge in [-0.1, -0.05) is 36.1 Å². The van der Waals surface area contributed by atoms with Crippen molar-refractivity contribution in [2.75, 3.05) is 16.4 Å². The van der Waals surface area contributed by atoms with Crippen LogP contribution in [0.1, 0.15) is 13.8 Å². The van der Waals surface area contributed by atoms with Crippen molar-refractivity contribution in [1.82, 2.24) is 10.2 Å². The van der Waals surface area contributed by atoms with Crippen molar-refractivity contribution in [2.45, 2.75) is 18.2 Å². The summed E-state index contributed by atoms with van der Waals surface area (Å²) in [5.74, 6) is 0.891. The molecular formula is C12H14N4OS2. The van der Waals surface area contributed by atoms with E-state index in [9.17, 15) is 4.79 Å². The van der Waals surface area contributed by atoms with Crippen molar-refractivity contribution in [1.29, 1.82) is 0 Å². The lowest BCUT2D eigenvalue weighted by molar-refractivity contribution is -0.114. The zero-order chi connectivity index (χ0) is 13.7. The lowest BCUT2D eigenvalue weighted by atomic mass is 10.3. The van der Waals surface area contributed by atoms with E-state index >= 15 is 0 Å². The van der Waals surface area contributed by atoms with Crippen molar-refractivity contribution in [3.05, 3.63) is 24.3 Å². The van der Waals surface area contributed by atoms with Crippen LogP contribution in [0.25, 0.3) is 0 Å². The molecule has 0 unspecified atom stereocenters. The first-order chi connectivity index (χ1) is 9.17. The van der Waals surface area contributed by atoms with Crippen molar-refractivity contribution in [3.63, 3.8) is 0 Å². The molecule has 0 saturated carbocycles. The molecule has 0 saturated heterocycles. The highest BCUT2D eigenvalue weighted by Gasteiger charge is 2.04. The lowest BCUT2D eigenvalue weighted by Crippen LogP contribution is -2.05. The molecule has 7 heteroatoms. The maximum absolute atomic E-state index is 11.0. The Morgan fingerprint density at radius 3 is 2.89 bits per heavy atom. The second-order valence-corrected chi connectivity index (χ2v) is 6.18. The van der Waals surface area contributed by atoms with E-state index in [2.05, 4.69) is 27.8 Å². The largest absolute Gasteiger partial charge is 0.330 e. The first-order valence-electron chi connectivity index (χ1n) is 5.78. The smallest absolute Gasteiger partial charge is 0.221 e. The highest BCUT2D eigenvalue weighted by molar-refractivity contribution is 8.01. The highest BCUT2D eigenvalue weighted by atomic mass is 32.2. The summed E-state index contributed by atoms with van der Waals surface area (Å²) in [6.45, 7) is 3.56. The molecule has 0 aliphatic heterocycles. The molecule has 0 spiro atoms. The number of hydrogen-bond donors (Lipinski definition) is 2. The third kappa shape index (κ3) is 4.22. The number of nitrogens with zero attached hydrogens (tertiary/aromatic N) is 2. The Morgan fingerprint density at radius 1 is 1.37 bits per heavy atom. The summed E-state index contributed by atoms with van der Waals surface area (Å²) in [6.07, 6.45) is 0. The van der Waals surface area contributed by atoms with Crippen molar-refractivity contribution in [2.24, 2.45) is 0 Å². The number of nitrogens with one attached hydrogen (secondary N) is 2. The third-order valence-electron chi connectivity index (χ3n) is 2.11. The molecule has 2 rings (SSSR count). The summed E-state index contributed by atoms with van der Waals surface area (Å²) in [5.41, 5.74) is 1.63. The lowest BCUT2D eigenvalue weighted by Gasteiger charge is -2.05. The van der Waals surface area contributed by atoms with Crippen LogP contribution in [0.4, 0.5) is 16.5 Å². The number of benzene rings is 1. The Balaban J connectivity index is 2.07. The van der Waals surface area contributed by atoms with E-state index in [4.69, 9.17) is 0 Å². The van der Waals surface area contributed by atoms with Gasteiger partial charge in [0.25, 0.3) is 0 Å². The molecule has 1 aromatic heterocycles. The Hall–Kier alpha value is -1.60. The minimum atomic E-state index is -0.0882. The van der Waals surface area contributed by atoms with Crippen molar-refractivity contribution in [3.8, 4) is 0 Å². The average Bonchev–Trinajstić information content (AvgIpc) is 2.76. The predicted molar refractivity (Wildman–Crippen MR) is 80.3 cm³/mol. The Bertz CT molecular complexity index is 570. The normalized spacial score (nSPS) is 10.2. The minimum absolute atomic E-state index is 0.0882. The highest BCUT2D eigenvalue weighted by Crippen LogP contribution is 2.28. The van der Waals surface area contributed by atoms with Gasteiger partial charge in [-0.05, 0) is 24.0 Å². The SMILES string of the molecule is CCSc1nnc(Nc2cccc(NC(C)=O)c2)s1. The first kappa shape index (κ1) is 13.8. The molecule has 5 nitrogen and oxygen atoms in total. The van der Waals surface area contributed by atoms with Gasteiger partial charge in [-0.25, -0.2) is 0 Å². The fraction of sp³-hybridized carbons (Fsp3) is 0.250. The quantitative estimate of drug-likeness (QED) is 0.828. The third-order valence-corrected chi connectivity index (χ3v) is 3.96. The summed E-state index contributed by atoms with van der Waals surface area (Å²) < 4.78 is 0.947. The molecule has 2 N–H and O–H groups in total. The van der Waals surface area contributed by atoms with Gasteiger partial charge in [-0.15, -0.1) is 10.2 Å². The van der Waals surface area contributed by atoms with Crippen LogP contribution in [0, 0.1) is 0 Å². The van der Waals surface area contributed by atoms with Crippen LogP contribution in [-0.4, -0.2) is 21.9 Å². The zero-order valence-corrected chi connectivity index (χ0v) is 12.3. The van der Waals surface area contributed by atoms with E-state index in [0.717, 1.165) is 26.6 Å². The summed E-state index contributed by atoms with van der Waals surface area (Å²) in [4.78, 5) is 11.0. The van der Waals surface area contributed by atoms with Crippen LogP contribution in [0.15, 0.2) is 28.6 Å². The van der Waals surface area contributed by atoms with Gasteiger partial charge in [-0.3, -0.25) is 4.79 Å². The molecule has 0 fully saturated rings. The van der Waals surface area contributed by atoms with E-state index in [1.165, 1.54) is 18.3 Å². The molecule has 1 aromatic carbocycles. The molecule has 0 bridgehead atoms. The van der Waals surface area contributed by atoms with Crippen LogP contribution in [0.2, 0.25) is 0 Å². The summed E-state index contributed by atoms with van der Waals surface area (Å²) >= 11 is 3.18. The van der Waals surface area contributed by atoms with Gasteiger partial charge in [0, 0.05) is 18.3 Å². The van der Waals surface area contributed by atoms with Crippen LogP contribution < -0.4 is 10.6 Å². The molecule has 1 heterocycles. The maximum atomic E-state index is 11.0. The predicted octanol–water partition coefficient (Wildman–Crippen LogP) is 3.35. The van der Waals surface area contributed by atoms with Gasteiger partial charge in [-0.2, -0.15) is 0 Å². The number of thioether (sulfide) groups is 1. The molecule has 0 atom stereocenters. The number of amides is 1. The standard InChI is InChI=1S/C12H14N4OS2/c1-3-18-12-16-15-11(19-12)14-10-6-4-5-9(7-10)13-8(2)17/h4-7H,3H2,1-2H3,(H,13,17)(H,14,15). The van der Waals surface area contributed by atoms with Crippen molar-refractivity contribution < 1.29 is 4.79 Å². The maximum Gasteiger partial charge on any atom is 0.221 e. The summed E-state index contributed by atoms with van der Waals surface area (Å²) in [6, 6.07) is 7.48. The zero-order valence-electron chi connectivity index (χ0n) is 10.6. The van der Waals surface area contributed by atoms with Gasteiger partial charge in [0.15, 0.2) is 4.34 Å². The van der Waals surface area contributed by atoms with Gasteiger partial charge in [0.2, 0.25) is 11.0 Å². The molecule has 19 heavy (non-hydrogen) atoms. The van der Waals surface area contributed by atoms with E-state index in [1.807, 2.05) is 24.3 Å². The van der Waals surface area contributed by atoms with Crippen molar-refractivity contribution >= 4 is 45.5 Å². The van der Waals surface area contributed by atoms with E-state index in [1.54, 1.807) is 11.8 Å². The van der Waals surface area contributed by atoms with Gasteiger partial charge in [0.1, 0.15) is 0 Å². The Labute approximate surface area is 119 Å². The monoisotopic (exact) mass is 294 g/mol. The topological polar surface area (TPSA) is 66.9 Å². The van der Waals surface area contributed by atoms with Crippen LogP contribution in [0.5, 0.6) is 0 Å². The fourth-order valence-corrected chi connectivity index (χ4v) is 3.11. The van der Waals surface area contributed by atoms with Crippen LogP contribution >= 0.6 is 23.1 Å². The number of hydrogen-bond acceptors (Lipinski definition) is 6. The first-order valence-corrected chi connectivity index (χ1v) is 7.58. The molecule has 0 aliphatic carbocycles. The Kier molecular flexibility index (Phi) is 4.75. The molecule has 0 radical (unpaired) electrons. The van der Waals surface area contributed by atoms with Crippen LogP contribution in [-0.2, 0) is 4.79 Å². The molecule has 1 amide bonds. The van der Waals surface area contributed by atoms with Gasteiger partial charge < -0.3 is 10.6 Å². The van der Waals surface area contributed by atoms with E-state index in [-0.39, 0.29) is 5.91 Å². The summed E-state index contributed by atoms with van der Waals surface area (Å²) in [5, 5.41) is 14.8. The second kappa shape index (κ2) is 6.53. The van der Waals surface area contributed by atoms with Gasteiger partial charge in [0.05, 0.1) is 0 Å². The number of carbonyl (C=O) groups excluding carboxylic acids is 1. The number of anilines is 3. The molecule has 0 aliphatic rings. The summed E-state index contributed by atoms with van der Waals surface area (Å²) in [7, 11) is 0. The Morgan fingerprint density at radius 2 is 2.16 bits per heavy atom. The second-order valence-electron chi connectivity index (χ2n) is 3.69. The van der Waals surface area contributed by atoms with Gasteiger partial charge >= 0.3 is 0 Å². The number of aromatic nitrogens is 2. The van der Waals surface area contributed by atoms with E-state index in [0.29, 0.717) is 0 Å². The average molecular weight is 294 g/mol.